The number of fused-ring (bicyclic) bond motifs is 4. The van der Waals surface area contributed by atoms with Crippen molar-refractivity contribution in [3.63, 3.8) is 0 Å². The fourth-order valence-corrected chi connectivity index (χ4v) is 4.61. The summed E-state index contributed by atoms with van der Waals surface area (Å²) in [6.07, 6.45) is 1.89. The second kappa shape index (κ2) is 7.14. The van der Waals surface area contributed by atoms with E-state index in [4.69, 9.17) is 14.2 Å². The molecule has 2 aromatic heterocycles. The Bertz CT molecular complexity index is 1540. The van der Waals surface area contributed by atoms with Crippen LogP contribution in [0.2, 0.25) is 0 Å². The zero-order chi connectivity index (χ0) is 20.8. The first-order valence-electron chi connectivity index (χ1n) is 9.78. The van der Waals surface area contributed by atoms with Gasteiger partial charge in [0, 0.05) is 0 Å². The third-order valence-corrected chi connectivity index (χ3v) is 6.13. The summed E-state index contributed by atoms with van der Waals surface area (Å²) in [7, 11) is 0. The van der Waals surface area contributed by atoms with Crippen LogP contribution < -0.4 is 24.3 Å². The van der Waals surface area contributed by atoms with Gasteiger partial charge in [-0.2, -0.15) is 0 Å². The average molecular weight is 428 g/mol. The molecule has 152 valence electrons. The van der Waals surface area contributed by atoms with Gasteiger partial charge < -0.3 is 14.2 Å². The van der Waals surface area contributed by atoms with Crippen molar-refractivity contribution in [3.05, 3.63) is 92.7 Å². The highest BCUT2D eigenvalue weighted by atomic mass is 32.1. The molecule has 0 N–H and O–H groups in total. The summed E-state index contributed by atoms with van der Waals surface area (Å²) in [5.74, 6) is 2.26. The van der Waals surface area contributed by atoms with E-state index in [1.807, 2.05) is 72.8 Å². The van der Waals surface area contributed by atoms with Crippen molar-refractivity contribution in [1.29, 1.82) is 0 Å². The van der Waals surface area contributed by atoms with Crippen LogP contribution in [-0.4, -0.2) is 16.2 Å². The number of nitrogens with zero attached hydrogens (tertiary/aromatic N) is 2. The molecule has 0 atom stereocenters. The van der Waals surface area contributed by atoms with Gasteiger partial charge in [0.15, 0.2) is 16.5 Å². The highest BCUT2D eigenvalue weighted by Gasteiger charge is 2.13. The fourth-order valence-electron chi connectivity index (χ4n) is 3.62. The van der Waals surface area contributed by atoms with Gasteiger partial charge in [-0.1, -0.05) is 41.7 Å². The molecule has 31 heavy (non-hydrogen) atoms. The number of thiazole rings is 1. The van der Waals surface area contributed by atoms with Crippen LogP contribution in [0.5, 0.6) is 17.2 Å². The second-order valence-corrected chi connectivity index (χ2v) is 8.19. The lowest BCUT2D eigenvalue weighted by Gasteiger charge is -2.07. The molecule has 0 amide bonds. The lowest BCUT2D eigenvalue weighted by Crippen LogP contribution is -2.22. The van der Waals surface area contributed by atoms with Gasteiger partial charge in [-0.05, 0) is 53.6 Å². The van der Waals surface area contributed by atoms with Crippen molar-refractivity contribution in [2.45, 2.75) is 6.61 Å². The average Bonchev–Trinajstić information content (AvgIpc) is 3.48. The lowest BCUT2D eigenvalue weighted by atomic mass is 10.2. The van der Waals surface area contributed by atoms with E-state index in [2.05, 4.69) is 4.98 Å². The number of aromatic nitrogens is 2. The van der Waals surface area contributed by atoms with E-state index in [9.17, 15) is 4.79 Å². The van der Waals surface area contributed by atoms with Gasteiger partial charge in [0.25, 0.3) is 5.56 Å². The molecule has 3 heterocycles. The molecule has 0 saturated heterocycles. The van der Waals surface area contributed by atoms with Crippen LogP contribution in [0.4, 0.5) is 0 Å². The molecule has 0 bridgehead atoms. The van der Waals surface area contributed by atoms with Gasteiger partial charge >= 0.3 is 0 Å². The molecule has 0 fully saturated rings. The standard InChI is InChI=1S/C24H16N2O4S/c27-23-22(31-24-25-18-3-1-2-4-19(18)26(23)24)12-15-5-8-17(9-6-15)28-13-16-7-10-20-21(11-16)30-14-29-20/h1-12H,13-14H2. The number of ether oxygens (including phenoxy) is 3. The van der Waals surface area contributed by atoms with Crippen LogP contribution in [0.15, 0.2) is 71.5 Å². The Hall–Kier alpha value is -3.84. The summed E-state index contributed by atoms with van der Waals surface area (Å²) < 4.78 is 18.9. The van der Waals surface area contributed by atoms with Crippen molar-refractivity contribution < 1.29 is 14.2 Å². The van der Waals surface area contributed by atoms with Gasteiger partial charge in [0.2, 0.25) is 6.79 Å². The van der Waals surface area contributed by atoms with Crippen molar-refractivity contribution in [3.8, 4) is 17.2 Å². The Labute approximate surface area is 180 Å². The second-order valence-electron chi connectivity index (χ2n) is 7.18. The summed E-state index contributed by atoms with van der Waals surface area (Å²) in [6.45, 7) is 0.689. The Kier molecular flexibility index (Phi) is 4.14. The van der Waals surface area contributed by atoms with Gasteiger partial charge in [0.05, 0.1) is 15.6 Å². The molecule has 6 nitrogen and oxygen atoms in total. The third kappa shape index (κ3) is 3.19. The summed E-state index contributed by atoms with van der Waals surface area (Å²) in [4.78, 5) is 18.1. The quantitative estimate of drug-likeness (QED) is 0.436. The number of imidazole rings is 1. The molecule has 1 aliphatic rings. The maximum atomic E-state index is 12.9. The largest absolute Gasteiger partial charge is 0.489 e. The van der Waals surface area contributed by atoms with E-state index in [-0.39, 0.29) is 12.4 Å². The topological polar surface area (TPSA) is 62.1 Å². The monoisotopic (exact) mass is 428 g/mol. The molecular weight excluding hydrogens is 412 g/mol. The minimum atomic E-state index is -0.0446. The molecule has 1 aliphatic heterocycles. The van der Waals surface area contributed by atoms with Crippen molar-refractivity contribution >= 4 is 33.4 Å². The van der Waals surface area contributed by atoms with Gasteiger partial charge in [0.1, 0.15) is 12.4 Å². The van der Waals surface area contributed by atoms with Gasteiger partial charge in [-0.15, -0.1) is 0 Å². The van der Waals surface area contributed by atoms with Gasteiger partial charge in [-0.3, -0.25) is 4.79 Å². The normalized spacial score (nSPS) is 13.4. The molecule has 0 aliphatic carbocycles. The van der Waals surface area contributed by atoms with E-state index in [0.717, 1.165) is 39.4 Å². The Balaban J connectivity index is 1.23. The van der Waals surface area contributed by atoms with Crippen molar-refractivity contribution in [1.82, 2.24) is 9.38 Å². The zero-order valence-electron chi connectivity index (χ0n) is 16.3. The predicted octanol–water partition coefficient (Wildman–Crippen LogP) is 3.76. The minimum Gasteiger partial charge on any atom is -0.489 e. The molecule has 7 heteroatoms. The molecule has 0 unspecified atom stereocenters. The summed E-state index contributed by atoms with van der Waals surface area (Å²) in [5.41, 5.74) is 3.57. The van der Waals surface area contributed by atoms with Crippen LogP contribution in [0, 0.1) is 0 Å². The van der Waals surface area contributed by atoms with E-state index < -0.39 is 0 Å². The summed E-state index contributed by atoms with van der Waals surface area (Å²) in [5, 5.41) is 0. The number of hydrogen-bond acceptors (Lipinski definition) is 6. The maximum Gasteiger partial charge on any atom is 0.274 e. The first-order valence-corrected chi connectivity index (χ1v) is 10.6. The van der Waals surface area contributed by atoms with Crippen LogP contribution in [0.1, 0.15) is 11.1 Å². The molecule has 0 saturated carbocycles. The van der Waals surface area contributed by atoms with Crippen LogP contribution >= 0.6 is 11.3 Å². The molecule has 0 spiro atoms. The first-order chi connectivity index (χ1) is 15.2. The molecule has 3 aromatic carbocycles. The van der Waals surface area contributed by atoms with E-state index >= 15 is 0 Å². The Morgan fingerprint density at radius 3 is 2.77 bits per heavy atom. The van der Waals surface area contributed by atoms with Crippen LogP contribution in [0.25, 0.3) is 22.1 Å². The summed E-state index contributed by atoms with van der Waals surface area (Å²) >= 11 is 1.40. The van der Waals surface area contributed by atoms with Crippen LogP contribution in [0.3, 0.4) is 0 Å². The molecule has 6 rings (SSSR count). The predicted molar refractivity (Wildman–Crippen MR) is 119 cm³/mol. The van der Waals surface area contributed by atoms with Crippen LogP contribution in [-0.2, 0) is 6.61 Å². The highest BCUT2D eigenvalue weighted by molar-refractivity contribution is 7.15. The van der Waals surface area contributed by atoms with E-state index in [1.165, 1.54) is 11.3 Å². The van der Waals surface area contributed by atoms with Crippen molar-refractivity contribution in [2.75, 3.05) is 6.79 Å². The lowest BCUT2D eigenvalue weighted by molar-refractivity contribution is 0.174. The molecular formula is C24H16N2O4S. The Morgan fingerprint density at radius 1 is 1.03 bits per heavy atom. The van der Waals surface area contributed by atoms with E-state index in [1.54, 1.807) is 4.40 Å². The van der Waals surface area contributed by atoms with Gasteiger partial charge in [-0.25, -0.2) is 9.38 Å². The first kappa shape index (κ1) is 18.0. The maximum absolute atomic E-state index is 12.9. The van der Waals surface area contributed by atoms with E-state index in [0.29, 0.717) is 16.1 Å². The Morgan fingerprint density at radius 2 is 1.87 bits per heavy atom. The van der Waals surface area contributed by atoms with Crippen molar-refractivity contribution in [2.24, 2.45) is 0 Å². The number of hydrogen-bond donors (Lipinski definition) is 0. The zero-order valence-corrected chi connectivity index (χ0v) is 17.1. The SMILES string of the molecule is O=c1c(=Cc2ccc(OCc3ccc4c(c3)OCO4)cc2)sc2nc3ccccc3n12. The number of benzene rings is 3. The smallest absolute Gasteiger partial charge is 0.274 e. The molecule has 0 radical (unpaired) electrons. The third-order valence-electron chi connectivity index (χ3n) is 5.17. The fraction of sp³-hybridized carbons (Fsp3) is 0.0833. The summed E-state index contributed by atoms with van der Waals surface area (Å²) in [6, 6.07) is 21.1. The highest BCUT2D eigenvalue weighted by Crippen LogP contribution is 2.32. The number of rotatable bonds is 4. The molecule has 5 aromatic rings. The minimum absolute atomic E-state index is 0.0446. The number of para-hydroxylation sites is 2.